The number of rotatable bonds is 11. The summed E-state index contributed by atoms with van der Waals surface area (Å²) in [6.45, 7) is 5.44. The third-order valence-electron chi connectivity index (χ3n) is 4.10. The maximum Gasteiger partial charge on any atom is 0.328 e. The predicted octanol–water partition coefficient (Wildman–Crippen LogP) is 6.22. The Labute approximate surface area is 166 Å². The van der Waals surface area contributed by atoms with Crippen molar-refractivity contribution in [1.29, 1.82) is 0 Å². The second kappa shape index (κ2) is 11.5. The SMILES string of the molecule is CCCCCCCCCOC(=O)C(C)(C)C(=O)Oc1cc(Cl)ccc1Cl. The Morgan fingerprint density at radius 1 is 0.962 bits per heavy atom. The lowest BCUT2D eigenvalue weighted by Crippen LogP contribution is -2.38. The number of carbonyl (C=O) groups is 2. The molecule has 0 aliphatic rings. The van der Waals surface area contributed by atoms with E-state index in [1.807, 2.05) is 0 Å². The van der Waals surface area contributed by atoms with E-state index in [0.717, 1.165) is 19.3 Å². The van der Waals surface area contributed by atoms with Gasteiger partial charge in [-0.15, -0.1) is 0 Å². The van der Waals surface area contributed by atoms with Crippen LogP contribution in [-0.4, -0.2) is 18.5 Å². The smallest absolute Gasteiger partial charge is 0.328 e. The molecular formula is C20H28Cl2O4. The lowest BCUT2D eigenvalue weighted by molar-refractivity contribution is -0.164. The van der Waals surface area contributed by atoms with Crippen molar-refractivity contribution in [2.45, 2.75) is 65.7 Å². The van der Waals surface area contributed by atoms with E-state index in [9.17, 15) is 9.59 Å². The molecule has 146 valence electrons. The van der Waals surface area contributed by atoms with Crippen LogP contribution < -0.4 is 4.74 Å². The monoisotopic (exact) mass is 402 g/mol. The van der Waals surface area contributed by atoms with Crippen LogP contribution >= 0.6 is 23.2 Å². The fourth-order valence-electron chi connectivity index (χ4n) is 2.27. The Kier molecular flexibility index (Phi) is 10.0. The lowest BCUT2D eigenvalue weighted by atomic mass is 9.94. The summed E-state index contributed by atoms with van der Waals surface area (Å²) in [6, 6.07) is 4.54. The number of esters is 2. The van der Waals surface area contributed by atoms with Gasteiger partial charge >= 0.3 is 11.9 Å². The normalized spacial score (nSPS) is 11.3. The summed E-state index contributed by atoms with van der Waals surface area (Å²) in [5.74, 6) is -1.21. The first-order valence-corrected chi connectivity index (χ1v) is 9.89. The minimum absolute atomic E-state index is 0.122. The van der Waals surface area contributed by atoms with Gasteiger partial charge in [0.2, 0.25) is 0 Å². The Morgan fingerprint density at radius 2 is 1.58 bits per heavy atom. The quantitative estimate of drug-likeness (QED) is 0.191. The van der Waals surface area contributed by atoms with Gasteiger partial charge in [-0.2, -0.15) is 0 Å². The van der Waals surface area contributed by atoms with E-state index in [1.165, 1.54) is 51.7 Å². The maximum absolute atomic E-state index is 12.3. The van der Waals surface area contributed by atoms with Crippen LogP contribution in [0.1, 0.15) is 65.7 Å². The summed E-state index contributed by atoms with van der Waals surface area (Å²) in [6.07, 6.45) is 7.89. The molecule has 26 heavy (non-hydrogen) atoms. The molecule has 4 nitrogen and oxygen atoms in total. The highest BCUT2D eigenvalue weighted by molar-refractivity contribution is 6.34. The highest BCUT2D eigenvalue weighted by Gasteiger charge is 2.40. The summed E-state index contributed by atoms with van der Waals surface area (Å²) in [7, 11) is 0. The van der Waals surface area contributed by atoms with Gasteiger partial charge in [-0.3, -0.25) is 9.59 Å². The molecule has 0 unspecified atom stereocenters. The van der Waals surface area contributed by atoms with Gasteiger partial charge in [0.1, 0.15) is 0 Å². The Balaban J connectivity index is 2.41. The fraction of sp³-hybridized carbons (Fsp3) is 0.600. The molecule has 1 aromatic rings. The van der Waals surface area contributed by atoms with Crippen molar-refractivity contribution in [2.24, 2.45) is 5.41 Å². The summed E-state index contributed by atoms with van der Waals surface area (Å²) in [5.41, 5.74) is -1.42. The molecule has 0 fully saturated rings. The van der Waals surface area contributed by atoms with Gasteiger partial charge in [0, 0.05) is 11.1 Å². The van der Waals surface area contributed by atoms with E-state index < -0.39 is 17.4 Å². The number of hydrogen-bond donors (Lipinski definition) is 0. The number of hydrogen-bond acceptors (Lipinski definition) is 4. The van der Waals surface area contributed by atoms with Crippen molar-refractivity contribution in [2.75, 3.05) is 6.61 Å². The largest absolute Gasteiger partial charge is 0.465 e. The first-order chi connectivity index (χ1) is 12.3. The average molecular weight is 403 g/mol. The van der Waals surface area contributed by atoms with Crippen LogP contribution in [0.5, 0.6) is 5.75 Å². The molecule has 0 aliphatic heterocycles. The molecule has 0 amide bonds. The molecule has 0 bridgehead atoms. The van der Waals surface area contributed by atoms with Gasteiger partial charge in [0.25, 0.3) is 0 Å². The molecule has 0 saturated heterocycles. The number of unbranched alkanes of at least 4 members (excludes halogenated alkanes) is 6. The van der Waals surface area contributed by atoms with Crippen molar-refractivity contribution in [1.82, 2.24) is 0 Å². The minimum Gasteiger partial charge on any atom is -0.465 e. The number of benzene rings is 1. The summed E-state index contributed by atoms with van der Waals surface area (Å²) < 4.78 is 10.5. The zero-order chi connectivity index (χ0) is 19.6. The fourth-order valence-corrected chi connectivity index (χ4v) is 2.59. The van der Waals surface area contributed by atoms with Crippen LogP contribution in [0.25, 0.3) is 0 Å². The summed E-state index contributed by atoms with van der Waals surface area (Å²) in [4.78, 5) is 24.6. The topological polar surface area (TPSA) is 52.6 Å². The highest BCUT2D eigenvalue weighted by Crippen LogP contribution is 2.30. The highest BCUT2D eigenvalue weighted by atomic mass is 35.5. The Morgan fingerprint density at radius 3 is 2.23 bits per heavy atom. The Hall–Kier alpha value is -1.26. The molecule has 6 heteroatoms. The van der Waals surface area contributed by atoms with E-state index >= 15 is 0 Å². The van der Waals surface area contributed by atoms with Crippen LogP contribution in [0, 0.1) is 5.41 Å². The molecule has 0 spiro atoms. The predicted molar refractivity (Wildman–Crippen MR) is 105 cm³/mol. The van der Waals surface area contributed by atoms with Crippen LogP contribution in [0.4, 0.5) is 0 Å². The van der Waals surface area contributed by atoms with Gasteiger partial charge in [0.05, 0.1) is 11.6 Å². The standard InChI is InChI=1S/C20H28Cl2O4/c1-4-5-6-7-8-9-10-13-25-18(23)20(2,3)19(24)26-17-14-15(21)11-12-16(17)22/h11-12,14H,4-10,13H2,1-3H3. The van der Waals surface area contributed by atoms with Crippen LogP contribution in [0.3, 0.4) is 0 Å². The molecule has 0 aliphatic carbocycles. The molecule has 0 aromatic heterocycles. The minimum atomic E-state index is -1.42. The molecule has 0 saturated carbocycles. The molecule has 0 heterocycles. The van der Waals surface area contributed by atoms with Crippen LogP contribution in [0.15, 0.2) is 18.2 Å². The van der Waals surface area contributed by atoms with Crippen molar-refractivity contribution in [3.8, 4) is 5.75 Å². The molecule has 0 atom stereocenters. The zero-order valence-corrected chi connectivity index (χ0v) is 17.3. The summed E-state index contributed by atoms with van der Waals surface area (Å²) >= 11 is 11.9. The third-order valence-corrected chi connectivity index (χ3v) is 4.64. The lowest BCUT2D eigenvalue weighted by Gasteiger charge is -2.21. The number of halogens is 2. The van der Waals surface area contributed by atoms with Crippen molar-refractivity contribution in [3.63, 3.8) is 0 Å². The Bertz CT molecular complexity index is 599. The number of ether oxygens (including phenoxy) is 2. The van der Waals surface area contributed by atoms with Gasteiger partial charge in [0.15, 0.2) is 11.2 Å². The van der Waals surface area contributed by atoms with Gasteiger partial charge in [-0.25, -0.2) is 0 Å². The molecule has 1 rings (SSSR count). The van der Waals surface area contributed by atoms with E-state index in [1.54, 1.807) is 6.07 Å². The first kappa shape index (κ1) is 22.8. The van der Waals surface area contributed by atoms with Gasteiger partial charge in [-0.05, 0) is 32.4 Å². The second-order valence-corrected chi connectivity index (χ2v) is 7.69. The van der Waals surface area contributed by atoms with E-state index in [0.29, 0.717) is 11.6 Å². The van der Waals surface area contributed by atoms with E-state index in [4.69, 9.17) is 32.7 Å². The molecular weight excluding hydrogens is 375 g/mol. The van der Waals surface area contributed by atoms with Crippen molar-refractivity contribution < 1.29 is 19.1 Å². The van der Waals surface area contributed by atoms with Crippen molar-refractivity contribution >= 4 is 35.1 Å². The van der Waals surface area contributed by atoms with Crippen LogP contribution in [-0.2, 0) is 14.3 Å². The number of carbonyl (C=O) groups excluding carboxylic acids is 2. The average Bonchev–Trinajstić information content (AvgIpc) is 2.60. The van der Waals surface area contributed by atoms with E-state index in [-0.39, 0.29) is 10.8 Å². The maximum atomic E-state index is 12.3. The van der Waals surface area contributed by atoms with Gasteiger partial charge in [-0.1, -0.05) is 68.7 Å². The zero-order valence-electron chi connectivity index (χ0n) is 15.8. The first-order valence-electron chi connectivity index (χ1n) is 9.13. The molecule has 0 radical (unpaired) electrons. The third kappa shape index (κ3) is 7.55. The second-order valence-electron chi connectivity index (χ2n) is 6.85. The van der Waals surface area contributed by atoms with E-state index in [2.05, 4.69) is 6.92 Å². The van der Waals surface area contributed by atoms with Crippen LogP contribution in [0.2, 0.25) is 10.0 Å². The van der Waals surface area contributed by atoms with Gasteiger partial charge < -0.3 is 9.47 Å². The summed E-state index contributed by atoms with van der Waals surface area (Å²) in [5, 5.41) is 0.631. The molecule has 0 N–H and O–H groups in total. The van der Waals surface area contributed by atoms with Crippen molar-refractivity contribution in [3.05, 3.63) is 28.2 Å². The molecule has 1 aromatic carbocycles.